The monoisotopic (exact) mass is 355 g/mol. The molecule has 1 amide bonds. The Labute approximate surface area is 149 Å². The Hall–Kier alpha value is -3.68. The first-order valence-corrected chi connectivity index (χ1v) is 7.54. The highest BCUT2D eigenvalue weighted by Gasteiger charge is 2.18. The molecule has 0 aliphatic rings. The SMILES string of the molecule is COc1ccccc1NC(=O)/C(=N\Nc1ccc(C(=O)O)cc1)C(C)=O. The maximum atomic E-state index is 12.4. The van der Waals surface area contributed by atoms with E-state index in [1.54, 1.807) is 24.3 Å². The third kappa shape index (κ3) is 4.67. The van der Waals surface area contributed by atoms with Gasteiger partial charge in [0.2, 0.25) is 0 Å². The van der Waals surface area contributed by atoms with Crippen LogP contribution in [0.15, 0.2) is 53.6 Å². The van der Waals surface area contributed by atoms with Crippen molar-refractivity contribution >= 4 is 34.7 Å². The van der Waals surface area contributed by atoms with E-state index in [9.17, 15) is 14.4 Å². The first-order chi connectivity index (χ1) is 12.4. The molecule has 8 nitrogen and oxygen atoms in total. The van der Waals surface area contributed by atoms with E-state index in [-0.39, 0.29) is 11.3 Å². The number of carboxylic acids is 1. The molecular formula is C18H17N3O5. The molecule has 0 radical (unpaired) electrons. The number of nitrogens with zero attached hydrogens (tertiary/aromatic N) is 1. The second kappa shape index (κ2) is 8.43. The van der Waals surface area contributed by atoms with E-state index in [0.717, 1.165) is 0 Å². The summed E-state index contributed by atoms with van der Waals surface area (Å²) in [5, 5.41) is 15.3. The number of carbonyl (C=O) groups is 3. The van der Waals surface area contributed by atoms with E-state index in [1.165, 1.54) is 38.3 Å². The number of hydrogen-bond acceptors (Lipinski definition) is 6. The summed E-state index contributed by atoms with van der Waals surface area (Å²) in [6.45, 7) is 1.22. The fourth-order valence-electron chi connectivity index (χ4n) is 2.03. The normalized spacial score (nSPS) is 10.8. The maximum Gasteiger partial charge on any atom is 0.335 e. The smallest absolute Gasteiger partial charge is 0.335 e. The molecule has 0 unspecified atom stereocenters. The molecule has 2 aromatic rings. The maximum absolute atomic E-state index is 12.4. The van der Waals surface area contributed by atoms with E-state index in [1.807, 2.05) is 0 Å². The average Bonchev–Trinajstić information content (AvgIpc) is 2.62. The van der Waals surface area contributed by atoms with E-state index in [2.05, 4.69) is 15.8 Å². The summed E-state index contributed by atoms with van der Waals surface area (Å²) in [6, 6.07) is 12.5. The van der Waals surface area contributed by atoms with Crippen LogP contribution in [0.4, 0.5) is 11.4 Å². The molecule has 26 heavy (non-hydrogen) atoms. The Morgan fingerprint density at radius 3 is 2.27 bits per heavy atom. The highest BCUT2D eigenvalue weighted by Crippen LogP contribution is 2.23. The molecule has 8 heteroatoms. The van der Waals surface area contributed by atoms with Crippen molar-refractivity contribution in [2.75, 3.05) is 17.9 Å². The van der Waals surface area contributed by atoms with Gasteiger partial charge in [-0.2, -0.15) is 5.10 Å². The average molecular weight is 355 g/mol. The molecule has 2 rings (SSSR count). The number of anilines is 2. The van der Waals surface area contributed by atoms with Crippen molar-refractivity contribution in [3.05, 3.63) is 54.1 Å². The fourth-order valence-corrected chi connectivity index (χ4v) is 2.03. The van der Waals surface area contributed by atoms with Gasteiger partial charge in [0.25, 0.3) is 5.91 Å². The molecule has 0 saturated carbocycles. The van der Waals surface area contributed by atoms with Gasteiger partial charge in [-0.1, -0.05) is 12.1 Å². The molecular weight excluding hydrogens is 338 g/mol. The van der Waals surface area contributed by atoms with Crippen molar-refractivity contribution in [1.82, 2.24) is 0 Å². The molecule has 134 valence electrons. The third-order valence-corrected chi connectivity index (χ3v) is 3.33. The molecule has 0 aliphatic heterocycles. The van der Waals surface area contributed by atoms with Gasteiger partial charge in [-0.15, -0.1) is 0 Å². The molecule has 2 aromatic carbocycles. The van der Waals surface area contributed by atoms with E-state index >= 15 is 0 Å². The van der Waals surface area contributed by atoms with Gasteiger partial charge in [0.1, 0.15) is 5.75 Å². The molecule has 0 aliphatic carbocycles. The molecule has 0 heterocycles. The van der Waals surface area contributed by atoms with E-state index < -0.39 is 17.7 Å². The number of methoxy groups -OCH3 is 1. The number of hydrogen-bond donors (Lipinski definition) is 3. The minimum Gasteiger partial charge on any atom is -0.495 e. The van der Waals surface area contributed by atoms with Gasteiger partial charge in [-0.3, -0.25) is 15.0 Å². The van der Waals surface area contributed by atoms with Gasteiger partial charge in [0.15, 0.2) is 11.5 Å². The standard InChI is InChI=1S/C18H17N3O5/c1-11(22)16(17(23)19-14-5-3-4-6-15(14)26-2)21-20-13-9-7-12(8-10-13)18(24)25/h3-10,20H,1-2H3,(H,19,23)(H,24,25)/b21-16-. The summed E-state index contributed by atoms with van der Waals surface area (Å²) in [5.41, 5.74) is 3.18. The molecule has 0 atom stereocenters. The van der Waals surface area contributed by atoms with Gasteiger partial charge in [-0.05, 0) is 36.4 Å². The fraction of sp³-hybridized carbons (Fsp3) is 0.111. The summed E-state index contributed by atoms with van der Waals surface area (Å²) in [5.74, 6) is -1.84. The summed E-state index contributed by atoms with van der Waals surface area (Å²) in [4.78, 5) is 34.9. The number of rotatable bonds is 7. The number of hydrazone groups is 1. The zero-order chi connectivity index (χ0) is 19.1. The van der Waals surface area contributed by atoms with Crippen LogP contribution < -0.4 is 15.5 Å². The Kier molecular flexibility index (Phi) is 6.05. The van der Waals surface area contributed by atoms with Crippen molar-refractivity contribution in [2.45, 2.75) is 6.92 Å². The van der Waals surface area contributed by atoms with Crippen LogP contribution in [0, 0.1) is 0 Å². The molecule has 0 saturated heterocycles. The highest BCUT2D eigenvalue weighted by molar-refractivity contribution is 6.67. The number of ketones is 1. The van der Waals surface area contributed by atoms with Crippen LogP contribution in [0.1, 0.15) is 17.3 Å². The van der Waals surface area contributed by atoms with Gasteiger partial charge in [-0.25, -0.2) is 4.79 Å². The molecule has 0 spiro atoms. The van der Waals surface area contributed by atoms with Gasteiger partial charge >= 0.3 is 5.97 Å². The lowest BCUT2D eigenvalue weighted by Crippen LogP contribution is -2.29. The number of amides is 1. The Balaban J connectivity index is 2.16. The van der Waals surface area contributed by atoms with Crippen LogP contribution >= 0.6 is 0 Å². The number of aromatic carboxylic acids is 1. The second-order valence-electron chi connectivity index (χ2n) is 5.17. The summed E-state index contributed by atoms with van der Waals surface area (Å²) >= 11 is 0. The summed E-state index contributed by atoms with van der Waals surface area (Å²) in [7, 11) is 1.47. The topological polar surface area (TPSA) is 117 Å². The molecule has 3 N–H and O–H groups in total. The lowest BCUT2D eigenvalue weighted by atomic mass is 10.2. The van der Waals surface area contributed by atoms with Crippen molar-refractivity contribution < 1.29 is 24.2 Å². The minimum absolute atomic E-state index is 0.111. The molecule has 0 aromatic heterocycles. The largest absolute Gasteiger partial charge is 0.495 e. The highest BCUT2D eigenvalue weighted by atomic mass is 16.5. The van der Waals surface area contributed by atoms with Crippen molar-refractivity contribution in [3.8, 4) is 5.75 Å². The van der Waals surface area contributed by atoms with Crippen LogP contribution in [0.25, 0.3) is 0 Å². The summed E-state index contributed by atoms with van der Waals surface area (Å²) in [6.07, 6.45) is 0. The molecule has 0 bridgehead atoms. The van der Waals surface area contributed by atoms with Crippen molar-refractivity contribution in [2.24, 2.45) is 5.10 Å². The molecule has 0 fully saturated rings. The van der Waals surface area contributed by atoms with E-state index in [0.29, 0.717) is 17.1 Å². The van der Waals surface area contributed by atoms with Crippen LogP contribution in [-0.2, 0) is 9.59 Å². The zero-order valence-corrected chi connectivity index (χ0v) is 14.1. The van der Waals surface area contributed by atoms with Crippen LogP contribution in [0.3, 0.4) is 0 Å². The minimum atomic E-state index is -1.05. The van der Waals surface area contributed by atoms with Crippen LogP contribution in [0.5, 0.6) is 5.75 Å². The van der Waals surface area contributed by atoms with Crippen molar-refractivity contribution in [3.63, 3.8) is 0 Å². The lowest BCUT2D eigenvalue weighted by molar-refractivity contribution is -0.114. The Bertz CT molecular complexity index is 859. The zero-order valence-electron chi connectivity index (χ0n) is 14.1. The number of nitrogens with one attached hydrogen (secondary N) is 2. The first-order valence-electron chi connectivity index (χ1n) is 7.54. The number of benzene rings is 2. The predicted octanol–water partition coefficient (Wildman–Crippen LogP) is 2.39. The van der Waals surface area contributed by atoms with Crippen LogP contribution in [-0.4, -0.2) is 35.6 Å². The number of carbonyl (C=O) groups excluding carboxylic acids is 2. The lowest BCUT2D eigenvalue weighted by Gasteiger charge is -2.10. The number of carboxylic acid groups (broad SMARTS) is 1. The van der Waals surface area contributed by atoms with Gasteiger partial charge in [0.05, 0.1) is 24.0 Å². The van der Waals surface area contributed by atoms with Gasteiger partial charge in [0, 0.05) is 6.92 Å². The van der Waals surface area contributed by atoms with Crippen molar-refractivity contribution in [1.29, 1.82) is 0 Å². The Morgan fingerprint density at radius 1 is 1.04 bits per heavy atom. The quantitative estimate of drug-likeness (QED) is 0.399. The third-order valence-electron chi connectivity index (χ3n) is 3.33. The number of Topliss-reactive ketones (excluding diaryl/α,β-unsaturated/α-hetero) is 1. The van der Waals surface area contributed by atoms with E-state index in [4.69, 9.17) is 9.84 Å². The second-order valence-corrected chi connectivity index (χ2v) is 5.17. The Morgan fingerprint density at radius 2 is 1.69 bits per heavy atom. The predicted molar refractivity (Wildman–Crippen MR) is 96.8 cm³/mol. The number of ether oxygens (including phenoxy) is 1. The summed E-state index contributed by atoms with van der Waals surface area (Å²) < 4.78 is 5.14. The van der Waals surface area contributed by atoms with Gasteiger partial charge < -0.3 is 15.2 Å². The first kappa shape index (κ1) is 18.7. The van der Waals surface area contributed by atoms with Crippen LogP contribution in [0.2, 0.25) is 0 Å². The number of para-hydroxylation sites is 2.